The first kappa shape index (κ1) is 80.0. The van der Waals surface area contributed by atoms with Gasteiger partial charge < -0.3 is 89.9 Å². The molecule has 3 heterocycles. The summed E-state index contributed by atoms with van der Waals surface area (Å²) < 4.78 is 34.3. The summed E-state index contributed by atoms with van der Waals surface area (Å²) in [4.78, 5) is 13.4. The maximum Gasteiger partial charge on any atom is 0.220 e. The quantitative estimate of drug-likeness (QED) is 0.0200. The Kier molecular flexibility index (Phi) is 46.5. The molecule has 3 aliphatic rings. The summed E-state index contributed by atoms with van der Waals surface area (Å²) in [6, 6.07) is -0.977. The van der Waals surface area contributed by atoms with Gasteiger partial charge in [-0.2, -0.15) is 0 Å². The van der Waals surface area contributed by atoms with Gasteiger partial charge in [0.15, 0.2) is 18.9 Å². The molecule has 0 radical (unpaired) electrons. The highest BCUT2D eigenvalue weighted by Gasteiger charge is 2.53. The Bertz CT molecular complexity index is 1790. The third-order valence-electron chi connectivity index (χ3n) is 17.4. The summed E-state index contributed by atoms with van der Waals surface area (Å²) in [6.07, 6.45) is 33.6. The molecule has 0 spiro atoms. The first-order valence-electron chi connectivity index (χ1n) is 34.9. The lowest BCUT2D eigenvalue weighted by Gasteiger charge is -2.48. The number of aliphatic hydroxyl groups is 11. The summed E-state index contributed by atoms with van der Waals surface area (Å²) in [5, 5.41) is 121. The van der Waals surface area contributed by atoms with Crippen LogP contribution in [0.5, 0.6) is 0 Å². The van der Waals surface area contributed by atoms with E-state index in [0.717, 1.165) is 70.6 Å². The zero-order valence-electron chi connectivity index (χ0n) is 54.2. The highest BCUT2D eigenvalue weighted by atomic mass is 16.8. The fourth-order valence-corrected chi connectivity index (χ4v) is 11.7. The van der Waals surface area contributed by atoms with Gasteiger partial charge in [0.25, 0.3) is 0 Å². The van der Waals surface area contributed by atoms with Crippen molar-refractivity contribution < 1.29 is 89.4 Å². The molecule has 12 N–H and O–H groups in total. The van der Waals surface area contributed by atoms with Crippen molar-refractivity contribution in [2.75, 3.05) is 26.4 Å². The van der Waals surface area contributed by atoms with Crippen molar-refractivity contribution >= 4 is 5.91 Å². The van der Waals surface area contributed by atoms with Crippen LogP contribution in [-0.4, -0.2) is 193 Å². The molecule has 17 atom stereocenters. The van der Waals surface area contributed by atoms with Gasteiger partial charge in [-0.25, -0.2) is 0 Å². The van der Waals surface area contributed by atoms with Crippen LogP contribution in [-0.2, 0) is 33.2 Å². The fraction of sp³-hybridized carbons (Fsp3) is 0.870. The first-order valence-corrected chi connectivity index (χ1v) is 34.9. The lowest BCUT2D eigenvalue weighted by molar-refractivity contribution is -0.379. The number of nitrogens with one attached hydrogen (secondary N) is 1. The normalized spacial score (nSPS) is 28.7. The average molecular weight is 1260 g/mol. The number of hydrogen-bond acceptors (Lipinski definition) is 18. The van der Waals surface area contributed by atoms with Gasteiger partial charge in [-0.05, 0) is 57.8 Å². The van der Waals surface area contributed by atoms with Gasteiger partial charge in [-0.15, -0.1) is 0 Å². The number of allylic oxidation sites excluding steroid dienone is 7. The minimum atomic E-state index is -1.98. The van der Waals surface area contributed by atoms with Crippen LogP contribution < -0.4 is 5.32 Å². The Morgan fingerprint density at radius 1 is 0.409 bits per heavy atom. The Hall–Kier alpha value is -2.25. The average Bonchev–Trinajstić information content (AvgIpc) is 3.70. The second-order valence-corrected chi connectivity index (χ2v) is 25.0. The molecular formula is C69H125NO18. The molecular weight excluding hydrogens is 1130 g/mol. The van der Waals surface area contributed by atoms with E-state index in [-0.39, 0.29) is 18.9 Å². The Balaban J connectivity index is 1.44. The standard InChI is InChI=1S/C69H125NO18/c1-3-5-7-9-11-13-15-17-19-21-23-24-25-26-27-28-29-31-33-35-37-39-41-43-45-47-57(75)70-52(53(74)46-44-42-40-38-36-34-32-30-22-20-18-16-14-12-10-8-6-4-2)51-83-67-63(81)60(78)65(55(49-72)85-67)88-69-64(82)61(79)66(56(50-73)86-69)87-68-62(80)59(77)58(76)54(48-71)84-68/h15,17,21,23,25-26,44,46,52-56,58-69,71-74,76-82H,3-14,16,18-20,22,24,27-43,45,47-51H2,1-2H3,(H,70,75)/b17-15-,23-21-,26-25-,46-44+. The lowest BCUT2D eigenvalue weighted by atomic mass is 9.96. The van der Waals surface area contributed by atoms with Crippen molar-refractivity contribution in [3.63, 3.8) is 0 Å². The predicted octanol–water partition coefficient (Wildman–Crippen LogP) is 9.00. The van der Waals surface area contributed by atoms with Crippen molar-refractivity contribution in [2.45, 2.75) is 356 Å². The molecule has 0 bridgehead atoms. The molecule has 3 rings (SSSR count). The first-order chi connectivity index (χ1) is 42.8. The molecule has 17 unspecified atom stereocenters. The van der Waals surface area contributed by atoms with Crippen molar-refractivity contribution in [1.82, 2.24) is 5.32 Å². The van der Waals surface area contributed by atoms with Crippen molar-refractivity contribution in [1.29, 1.82) is 0 Å². The van der Waals surface area contributed by atoms with Crippen molar-refractivity contribution in [2.24, 2.45) is 0 Å². The maximum atomic E-state index is 13.4. The van der Waals surface area contributed by atoms with E-state index in [2.05, 4.69) is 55.6 Å². The predicted molar refractivity (Wildman–Crippen MR) is 342 cm³/mol. The zero-order chi connectivity index (χ0) is 64.0. The van der Waals surface area contributed by atoms with Gasteiger partial charge in [0, 0.05) is 6.42 Å². The minimum Gasteiger partial charge on any atom is -0.394 e. The Morgan fingerprint density at radius 2 is 0.750 bits per heavy atom. The van der Waals surface area contributed by atoms with Gasteiger partial charge in [0.05, 0.1) is 38.6 Å². The molecule has 3 aliphatic heterocycles. The van der Waals surface area contributed by atoms with Crippen molar-refractivity contribution in [3.8, 4) is 0 Å². The van der Waals surface area contributed by atoms with Crippen LogP contribution in [0.3, 0.4) is 0 Å². The van der Waals surface area contributed by atoms with Gasteiger partial charge in [-0.1, -0.05) is 236 Å². The monoisotopic (exact) mass is 1260 g/mol. The van der Waals surface area contributed by atoms with Crippen LogP contribution in [0.4, 0.5) is 0 Å². The Morgan fingerprint density at radius 3 is 1.17 bits per heavy atom. The highest BCUT2D eigenvalue weighted by molar-refractivity contribution is 5.76. The number of amides is 1. The fourth-order valence-electron chi connectivity index (χ4n) is 11.7. The summed E-state index contributed by atoms with van der Waals surface area (Å²) in [5.74, 6) is -0.279. The second kappa shape index (κ2) is 51.2. The topological polar surface area (TPSA) is 307 Å². The van der Waals surface area contributed by atoms with Crippen LogP contribution in [0.25, 0.3) is 0 Å². The molecule has 0 aliphatic carbocycles. The molecule has 0 aromatic heterocycles. The largest absolute Gasteiger partial charge is 0.394 e. The van der Waals surface area contributed by atoms with Gasteiger partial charge in [-0.3, -0.25) is 4.79 Å². The van der Waals surface area contributed by atoms with E-state index in [1.807, 2.05) is 6.08 Å². The molecule has 0 saturated carbocycles. The van der Waals surface area contributed by atoms with Crippen LogP contribution in [0.2, 0.25) is 0 Å². The number of carbonyl (C=O) groups is 1. The molecule has 19 nitrogen and oxygen atoms in total. The second-order valence-electron chi connectivity index (χ2n) is 25.0. The molecule has 3 fully saturated rings. The lowest BCUT2D eigenvalue weighted by Crippen LogP contribution is -2.66. The van der Waals surface area contributed by atoms with Gasteiger partial charge in [0.1, 0.15) is 73.2 Å². The minimum absolute atomic E-state index is 0.238. The number of hydrogen-bond donors (Lipinski definition) is 12. The van der Waals surface area contributed by atoms with Gasteiger partial charge in [0.2, 0.25) is 5.91 Å². The summed E-state index contributed by atoms with van der Waals surface area (Å²) >= 11 is 0. The van der Waals surface area contributed by atoms with Crippen LogP contribution in [0, 0.1) is 0 Å². The van der Waals surface area contributed by atoms with Gasteiger partial charge >= 0.3 is 0 Å². The zero-order valence-corrected chi connectivity index (χ0v) is 54.2. The molecule has 88 heavy (non-hydrogen) atoms. The van der Waals surface area contributed by atoms with Crippen LogP contribution >= 0.6 is 0 Å². The van der Waals surface area contributed by atoms with E-state index in [9.17, 15) is 61.0 Å². The highest BCUT2D eigenvalue weighted by Crippen LogP contribution is 2.33. The number of ether oxygens (including phenoxy) is 6. The van der Waals surface area contributed by atoms with E-state index < -0.39 is 124 Å². The summed E-state index contributed by atoms with van der Waals surface area (Å²) in [5.41, 5.74) is 0. The molecule has 3 saturated heterocycles. The van der Waals surface area contributed by atoms with Crippen LogP contribution in [0.1, 0.15) is 251 Å². The number of rotatable bonds is 53. The van der Waals surface area contributed by atoms with E-state index in [1.54, 1.807) is 6.08 Å². The summed E-state index contributed by atoms with van der Waals surface area (Å²) in [7, 11) is 0. The molecule has 0 aromatic rings. The van der Waals surface area contributed by atoms with Crippen molar-refractivity contribution in [3.05, 3.63) is 48.6 Å². The van der Waals surface area contributed by atoms with E-state index in [1.165, 1.54) is 154 Å². The van der Waals surface area contributed by atoms with E-state index >= 15 is 0 Å². The van der Waals surface area contributed by atoms with Crippen LogP contribution in [0.15, 0.2) is 48.6 Å². The number of unbranched alkanes of at least 4 members (excludes halogenated alkanes) is 31. The molecule has 514 valence electrons. The summed E-state index contributed by atoms with van der Waals surface area (Å²) in [6.45, 7) is 1.73. The molecule has 1 amide bonds. The Labute approximate surface area is 529 Å². The maximum absolute atomic E-state index is 13.4. The molecule has 0 aromatic carbocycles. The number of aliphatic hydroxyl groups excluding tert-OH is 11. The van der Waals surface area contributed by atoms with E-state index in [0.29, 0.717) is 6.42 Å². The third kappa shape index (κ3) is 33.0. The SMILES string of the molecule is CCCCCCC/C=C\C/C=C\C/C=C\CCCCCCCCCCCCC(=O)NC(COC1OC(CO)C(OC2OC(CO)C(OC3OC(CO)C(O)C(O)C3O)C(O)C2O)C(O)C1O)C(O)/C=C/CCCCCCCCCCCCCCCCCC. The smallest absolute Gasteiger partial charge is 0.220 e. The third-order valence-corrected chi connectivity index (χ3v) is 17.4. The molecule has 19 heteroatoms. The van der Waals surface area contributed by atoms with E-state index in [4.69, 9.17) is 28.4 Å². The number of carbonyl (C=O) groups excluding carboxylic acids is 1.